The highest BCUT2D eigenvalue weighted by Crippen LogP contribution is 2.31. The Kier molecular flexibility index (Phi) is 3.76. The van der Waals surface area contributed by atoms with Crippen LogP contribution in [0.2, 0.25) is 0 Å². The van der Waals surface area contributed by atoms with Crippen LogP contribution in [0.15, 0.2) is 61.2 Å². The molecule has 98 valence electrons. The van der Waals surface area contributed by atoms with Gasteiger partial charge in [0, 0.05) is 0 Å². The third kappa shape index (κ3) is 2.71. The summed E-state index contributed by atoms with van der Waals surface area (Å²) in [5, 5.41) is 0. The minimum absolute atomic E-state index is 0.316. The van der Waals surface area contributed by atoms with Crippen molar-refractivity contribution in [2.45, 2.75) is 12.0 Å². The Morgan fingerprint density at radius 2 is 1.26 bits per heavy atom. The molecule has 0 fully saturated rings. The molecule has 2 rings (SSSR count). The van der Waals surface area contributed by atoms with Crippen molar-refractivity contribution in [3.05, 3.63) is 83.9 Å². The lowest BCUT2D eigenvalue weighted by atomic mass is 9.81. The van der Waals surface area contributed by atoms with Gasteiger partial charge >= 0.3 is 0 Å². The van der Waals surface area contributed by atoms with Crippen molar-refractivity contribution >= 4 is 0 Å². The lowest BCUT2D eigenvalue weighted by molar-refractivity contribution is 0.541. The minimum atomic E-state index is -0.830. The normalized spacial score (nSPS) is 11.3. The van der Waals surface area contributed by atoms with E-state index in [-0.39, 0.29) is 11.6 Å². The fourth-order valence-corrected chi connectivity index (χ4v) is 2.12. The van der Waals surface area contributed by atoms with Crippen molar-refractivity contribution in [2.75, 3.05) is 0 Å². The molecule has 0 saturated carbocycles. The van der Waals surface area contributed by atoms with Gasteiger partial charge in [-0.25, -0.2) is 8.78 Å². The second kappa shape index (κ2) is 5.33. The topological polar surface area (TPSA) is 26.0 Å². The van der Waals surface area contributed by atoms with Gasteiger partial charge in [0.1, 0.15) is 11.6 Å². The van der Waals surface area contributed by atoms with Crippen LogP contribution in [0.25, 0.3) is 0 Å². The Morgan fingerprint density at radius 1 is 0.895 bits per heavy atom. The van der Waals surface area contributed by atoms with E-state index < -0.39 is 5.54 Å². The summed E-state index contributed by atoms with van der Waals surface area (Å²) in [5.74, 6) is -0.632. The van der Waals surface area contributed by atoms with Crippen LogP contribution in [0.4, 0.5) is 8.78 Å². The lowest BCUT2D eigenvalue weighted by Gasteiger charge is -2.29. The van der Waals surface area contributed by atoms with Crippen LogP contribution >= 0.6 is 0 Å². The van der Waals surface area contributed by atoms with E-state index in [4.69, 9.17) is 5.73 Å². The molecule has 3 heteroatoms. The largest absolute Gasteiger partial charge is 0.317 e. The van der Waals surface area contributed by atoms with Crippen LogP contribution in [0, 0.1) is 11.6 Å². The Hall–Kier alpha value is -2.00. The van der Waals surface area contributed by atoms with Gasteiger partial charge in [-0.15, -0.1) is 6.58 Å². The summed E-state index contributed by atoms with van der Waals surface area (Å²) in [7, 11) is 0. The molecule has 0 amide bonds. The molecule has 2 N–H and O–H groups in total. The highest BCUT2D eigenvalue weighted by atomic mass is 19.1. The maximum Gasteiger partial charge on any atom is 0.123 e. The Balaban J connectivity index is 2.50. The van der Waals surface area contributed by atoms with Crippen molar-refractivity contribution in [2.24, 2.45) is 5.73 Å². The molecule has 0 aromatic heterocycles. The molecule has 2 aromatic rings. The van der Waals surface area contributed by atoms with E-state index >= 15 is 0 Å². The molecule has 0 radical (unpaired) electrons. The van der Waals surface area contributed by atoms with E-state index in [1.807, 2.05) is 0 Å². The fourth-order valence-electron chi connectivity index (χ4n) is 2.12. The SMILES string of the molecule is C=CCC(N)(c1ccc(F)cc1)c1ccc(F)cc1. The van der Waals surface area contributed by atoms with Gasteiger partial charge in [0.05, 0.1) is 5.54 Å². The van der Waals surface area contributed by atoms with Crippen LogP contribution in [0.1, 0.15) is 17.5 Å². The zero-order valence-corrected chi connectivity index (χ0v) is 10.4. The van der Waals surface area contributed by atoms with Crippen LogP contribution in [-0.2, 0) is 5.54 Å². The third-order valence-electron chi connectivity index (χ3n) is 3.19. The van der Waals surface area contributed by atoms with E-state index in [0.717, 1.165) is 11.1 Å². The molecular formula is C16H15F2N. The quantitative estimate of drug-likeness (QED) is 0.832. The monoisotopic (exact) mass is 259 g/mol. The number of hydrogen-bond donors (Lipinski definition) is 1. The van der Waals surface area contributed by atoms with Crippen molar-refractivity contribution in [1.29, 1.82) is 0 Å². The predicted molar refractivity (Wildman–Crippen MR) is 72.6 cm³/mol. The van der Waals surface area contributed by atoms with Crippen molar-refractivity contribution in [3.8, 4) is 0 Å². The maximum atomic E-state index is 13.0. The van der Waals surface area contributed by atoms with Gasteiger partial charge in [0.25, 0.3) is 0 Å². The van der Waals surface area contributed by atoms with Gasteiger partial charge in [-0.1, -0.05) is 30.3 Å². The molecule has 0 atom stereocenters. The van der Waals surface area contributed by atoms with Gasteiger partial charge in [0.15, 0.2) is 0 Å². The van der Waals surface area contributed by atoms with Gasteiger partial charge in [-0.3, -0.25) is 0 Å². The molecule has 1 nitrogen and oxygen atoms in total. The van der Waals surface area contributed by atoms with Crippen molar-refractivity contribution < 1.29 is 8.78 Å². The number of rotatable bonds is 4. The molecule has 0 unspecified atom stereocenters. The summed E-state index contributed by atoms with van der Waals surface area (Å²) in [6.07, 6.45) is 2.18. The summed E-state index contributed by atoms with van der Waals surface area (Å²) < 4.78 is 26.0. The fraction of sp³-hybridized carbons (Fsp3) is 0.125. The van der Waals surface area contributed by atoms with Gasteiger partial charge < -0.3 is 5.73 Å². The van der Waals surface area contributed by atoms with Crippen molar-refractivity contribution in [1.82, 2.24) is 0 Å². The molecule has 0 bridgehead atoms. The van der Waals surface area contributed by atoms with Crippen LogP contribution in [-0.4, -0.2) is 0 Å². The standard InChI is InChI=1S/C16H15F2N/c1-2-11-16(19,12-3-7-14(17)8-4-12)13-5-9-15(18)10-6-13/h2-10H,1,11,19H2. The first kappa shape index (κ1) is 13.4. The predicted octanol–water partition coefficient (Wildman–Crippen LogP) is 3.74. The van der Waals surface area contributed by atoms with E-state index in [0.29, 0.717) is 6.42 Å². The summed E-state index contributed by atoms with van der Waals surface area (Å²) >= 11 is 0. The zero-order valence-electron chi connectivity index (χ0n) is 10.4. The number of benzene rings is 2. The number of nitrogens with two attached hydrogens (primary N) is 1. The molecule has 19 heavy (non-hydrogen) atoms. The molecule has 0 aliphatic heterocycles. The Bertz CT molecular complexity index is 513. The Labute approximate surface area is 111 Å². The summed E-state index contributed by atoms with van der Waals surface area (Å²) in [6, 6.07) is 12.0. The molecule has 0 aliphatic rings. The highest BCUT2D eigenvalue weighted by Gasteiger charge is 2.28. The number of halogens is 2. The van der Waals surface area contributed by atoms with Gasteiger partial charge in [0.2, 0.25) is 0 Å². The van der Waals surface area contributed by atoms with Crippen LogP contribution in [0.3, 0.4) is 0 Å². The first-order valence-electron chi connectivity index (χ1n) is 5.98. The van der Waals surface area contributed by atoms with E-state index in [9.17, 15) is 8.78 Å². The molecule has 0 aliphatic carbocycles. The minimum Gasteiger partial charge on any atom is -0.317 e. The zero-order chi connectivity index (χ0) is 13.9. The van der Waals surface area contributed by atoms with E-state index in [2.05, 4.69) is 6.58 Å². The second-order valence-corrected chi connectivity index (χ2v) is 4.48. The smallest absolute Gasteiger partial charge is 0.123 e. The lowest BCUT2D eigenvalue weighted by Crippen LogP contribution is -2.37. The molecular weight excluding hydrogens is 244 g/mol. The van der Waals surface area contributed by atoms with E-state index in [1.165, 1.54) is 24.3 Å². The van der Waals surface area contributed by atoms with Gasteiger partial charge in [-0.05, 0) is 41.8 Å². The summed E-state index contributed by atoms with van der Waals surface area (Å²) in [4.78, 5) is 0. The molecule has 0 saturated heterocycles. The highest BCUT2D eigenvalue weighted by molar-refractivity contribution is 5.38. The van der Waals surface area contributed by atoms with Crippen LogP contribution in [0.5, 0.6) is 0 Å². The molecule has 0 spiro atoms. The van der Waals surface area contributed by atoms with Crippen LogP contribution < -0.4 is 5.73 Å². The van der Waals surface area contributed by atoms with Crippen molar-refractivity contribution in [3.63, 3.8) is 0 Å². The van der Waals surface area contributed by atoms with Gasteiger partial charge in [-0.2, -0.15) is 0 Å². The summed E-state index contributed by atoms with van der Waals surface area (Å²) in [5.41, 5.74) is 7.13. The maximum absolute atomic E-state index is 13.0. The third-order valence-corrected chi connectivity index (χ3v) is 3.19. The first-order valence-corrected chi connectivity index (χ1v) is 5.98. The second-order valence-electron chi connectivity index (χ2n) is 4.48. The summed E-state index contributed by atoms with van der Waals surface area (Å²) in [6.45, 7) is 3.70. The first-order chi connectivity index (χ1) is 9.06. The number of hydrogen-bond acceptors (Lipinski definition) is 1. The molecule has 2 aromatic carbocycles. The average molecular weight is 259 g/mol. The molecule has 0 heterocycles. The Morgan fingerprint density at radius 3 is 1.58 bits per heavy atom. The average Bonchev–Trinajstić information content (AvgIpc) is 2.40. The van der Waals surface area contributed by atoms with E-state index in [1.54, 1.807) is 30.3 Å².